The predicted molar refractivity (Wildman–Crippen MR) is 146 cm³/mol. The Kier molecular flexibility index (Phi) is 6.96. The average Bonchev–Trinajstić information content (AvgIpc) is 3.13. The van der Waals surface area contributed by atoms with Crippen molar-refractivity contribution in [2.24, 2.45) is 0 Å². The van der Waals surface area contributed by atoms with Crippen molar-refractivity contribution in [3.63, 3.8) is 0 Å². The fraction of sp³-hybridized carbons (Fsp3) is 0.0357. The topological polar surface area (TPSA) is 63.7 Å². The Morgan fingerprint density at radius 1 is 0.972 bits per heavy atom. The van der Waals surface area contributed by atoms with E-state index in [0.717, 1.165) is 31.9 Å². The highest BCUT2D eigenvalue weighted by Crippen LogP contribution is 2.36. The first-order valence-electron chi connectivity index (χ1n) is 10.9. The molecule has 0 bridgehead atoms. The number of carbonyl (C=O) groups excluding carboxylic acids is 3. The molecule has 4 aromatic carbocycles. The average molecular weight is 579 g/mol. The Hall–Kier alpha value is -3.39. The number of thioether (sulfide) groups is 1. The first-order chi connectivity index (χ1) is 17.4. The number of esters is 1. The molecule has 1 aliphatic rings. The molecule has 36 heavy (non-hydrogen) atoms. The fourth-order valence-electron chi connectivity index (χ4n) is 3.86. The summed E-state index contributed by atoms with van der Waals surface area (Å²) in [6, 6.07) is 25.2. The number of halogens is 2. The first kappa shape index (κ1) is 24.3. The molecule has 178 valence electrons. The van der Waals surface area contributed by atoms with Gasteiger partial charge in [0.25, 0.3) is 11.1 Å². The molecule has 0 N–H and O–H groups in total. The van der Waals surface area contributed by atoms with Gasteiger partial charge in [0.1, 0.15) is 5.75 Å². The Balaban J connectivity index is 1.44. The number of carbonyl (C=O) groups is 3. The molecule has 1 fully saturated rings. The molecule has 2 amide bonds. The van der Waals surface area contributed by atoms with E-state index in [1.807, 2.05) is 30.3 Å². The summed E-state index contributed by atoms with van der Waals surface area (Å²) >= 11 is 10.5. The molecule has 0 spiro atoms. The van der Waals surface area contributed by atoms with Gasteiger partial charge in [0.05, 0.1) is 17.0 Å². The lowest BCUT2D eigenvalue weighted by Gasteiger charge is -2.13. The molecule has 5 rings (SSSR count). The van der Waals surface area contributed by atoms with Gasteiger partial charge in [-0.3, -0.25) is 14.5 Å². The Morgan fingerprint density at radius 3 is 2.56 bits per heavy atom. The lowest BCUT2D eigenvalue weighted by atomic mass is 10.0. The van der Waals surface area contributed by atoms with Crippen molar-refractivity contribution in [2.75, 3.05) is 0 Å². The molecule has 0 saturated carbocycles. The minimum Gasteiger partial charge on any atom is -0.422 e. The van der Waals surface area contributed by atoms with Crippen molar-refractivity contribution >= 4 is 73.3 Å². The number of fused-ring (bicyclic) bond motifs is 1. The second-order valence-corrected chi connectivity index (χ2v) is 10.3. The summed E-state index contributed by atoms with van der Waals surface area (Å²) in [6.45, 7) is 0.0725. The molecule has 0 radical (unpaired) electrons. The molecule has 0 unspecified atom stereocenters. The number of nitrogens with zero attached hydrogens (tertiary/aromatic N) is 1. The third-order valence-corrected chi connectivity index (χ3v) is 7.40. The van der Waals surface area contributed by atoms with Gasteiger partial charge in [-0.05, 0) is 64.5 Å². The van der Waals surface area contributed by atoms with E-state index in [2.05, 4.69) is 15.9 Å². The Morgan fingerprint density at radius 2 is 1.72 bits per heavy atom. The Bertz CT molecular complexity index is 1560. The van der Waals surface area contributed by atoms with E-state index in [0.29, 0.717) is 21.7 Å². The summed E-state index contributed by atoms with van der Waals surface area (Å²) in [7, 11) is 0. The van der Waals surface area contributed by atoms with Crippen molar-refractivity contribution < 1.29 is 19.1 Å². The molecule has 1 heterocycles. The molecule has 0 atom stereocenters. The van der Waals surface area contributed by atoms with Crippen LogP contribution >= 0.6 is 39.3 Å². The van der Waals surface area contributed by atoms with Crippen LogP contribution in [0, 0.1) is 0 Å². The molecule has 8 heteroatoms. The third kappa shape index (κ3) is 4.95. The van der Waals surface area contributed by atoms with Crippen molar-refractivity contribution in [3.8, 4) is 5.75 Å². The number of amides is 2. The highest BCUT2D eigenvalue weighted by atomic mass is 79.9. The van der Waals surface area contributed by atoms with Gasteiger partial charge in [-0.1, -0.05) is 82.1 Å². The van der Waals surface area contributed by atoms with Crippen LogP contribution in [0.4, 0.5) is 4.79 Å². The summed E-state index contributed by atoms with van der Waals surface area (Å²) in [5.41, 5.74) is 1.60. The van der Waals surface area contributed by atoms with Gasteiger partial charge in [0.2, 0.25) is 0 Å². The summed E-state index contributed by atoms with van der Waals surface area (Å²) in [5, 5.41) is 1.80. The van der Waals surface area contributed by atoms with Gasteiger partial charge in [0, 0.05) is 15.1 Å². The summed E-state index contributed by atoms with van der Waals surface area (Å²) < 4.78 is 6.49. The van der Waals surface area contributed by atoms with Crippen LogP contribution in [0.2, 0.25) is 5.02 Å². The van der Waals surface area contributed by atoms with Crippen LogP contribution in [-0.2, 0) is 11.3 Å². The third-order valence-electron chi connectivity index (χ3n) is 5.63. The minimum atomic E-state index is -0.518. The monoisotopic (exact) mass is 577 g/mol. The van der Waals surface area contributed by atoms with Gasteiger partial charge < -0.3 is 4.74 Å². The first-order valence-corrected chi connectivity index (χ1v) is 12.9. The highest BCUT2D eigenvalue weighted by molar-refractivity contribution is 9.10. The van der Waals surface area contributed by atoms with Crippen molar-refractivity contribution in [3.05, 3.63) is 116 Å². The molecule has 1 aliphatic heterocycles. The molecule has 5 nitrogen and oxygen atoms in total. The molecular weight excluding hydrogens is 562 g/mol. The number of ether oxygens (including phenoxy) is 1. The second kappa shape index (κ2) is 10.3. The van der Waals surface area contributed by atoms with Crippen molar-refractivity contribution in [2.45, 2.75) is 6.54 Å². The lowest BCUT2D eigenvalue weighted by molar-refractivity contribution is -0.123. The molecule has 0 aromatic heterocycles. The van der Waals surface area contributed by atoms with Crippen LogP contribution in [-0.4, -0.2) is 22.0 Å². The van der Waals surface area contributed by atoms with Crippen molar-refractivity contribution in [1.82, 2.24) is 4.90 Å². The van der Waals surface area contributed by atoms with E-state index < -0.39 is 17.1 Å². The number of benzene rings is 4. The fourth-order valence-corrected chi connectivity index (χ4v) is 5.26. The zero-order valence-corrected chi connectivity index (χ0v) is 21.8. The van der Waals surface area contributed by atoms with Gasteiger partial charge in [-0.25, -0.2) is 4.79 Å². The van der Waals surface area contributed by atoms with E-state index in [1.165, 1.54) is 0 Å². The van der Waals surface area contributed by atoms with Gasteiger partial charge >= 0.3 is 5.97 Å². The number of hydrogen-bond donors (Lipinski definition) is 0. The quantitative estimate of drug-likeness (QED) is 0.138. The van der Waals surface area contributed by atoms with Crippen molar-refractivity contribution in [1.29, 1.82) is 0 Å². The van der Waals surface area contributed by atoms with Crippen LogP contribution in [0.3, 0.4) is 0 Å². The smallest absolute Gasteiger partial charge is 0.344 e. The number of imide groups is 1. The molecule has 0 aliphatic carbocycles. The standard InChI is InChI=1S/C28H17BrClNO4S/c29-20-12-13-24(35-27(33)22-10-5-8-17-6-1-3-9-21(17)22)19(14-20)15-25-26(32)31(28(34)36-25)16-18-7-2-4-11-23(18)30/h1-15H,16H2/b25-15-. The van der Waals surface area contributed by atoms with E-state index >= 15 is 0 Å². The lowest BCUT2D eigenvalue weighted by Crippen LogP contribution is -2.27. The maximum Gasteiger partial charge on any atom is 0.344 e. The normalized spacial score (nSPS) is 14.6. The second-order valence-electron chi connectivity index (χ2n) is 7.96. The van der Waals surface area contributed by atoms with E-state index in [4.69, 9.17) is 16.3 Å². The summed E-state index contributed by atoms with van der Waals surface area (Å²) in [4.78, 5) is 40.2. The maximum absolute atomic E-state index is 13.1. The predicted octanol–water partition coefficient (Wildman–Crippen LogP) is 7.71. The summed E-state index contributed by atoms with van der Waals surface area (Å²) in [5.74, 6) is -0.680. The van der Waals surface area contributed by atoms with Crippen LogP contribution in [0.1, 0.15) is 21.5 Å². The van der Waals surface area contributed by atoms with Crippen LogP contribution < -0.4 is 4.74 Å². The van der Waals surface area contributed by atoms with Crippen LogP contribution in [0.25, 0.3) is 16.8 Å². The van der Waals surface area contributed by atoms with E-state index in [1.54, 1.807) is 60.7 Å². The Labute approximate surface area is 224 Å². The zero-order chi connectivity index (χ0) is 25.2. The van der Waals surface area contributed by atoms with E-state index in [-0.39, 0.29) is 17.2 Å². The number of hydrogen-bond acceptors (Lipinski definition) is 5. The van der Waals surface area contributed by atoms with Crippen LogP contribution in [0.15, 0.2) is 94.3 Å². The molecule has 4 aromatic rings. The van der Waals surface area contributed by atoms with Crippen LogP contribution in [0.5, 0.6) is 5.75 Å². The molecular formula is C28H17BrClNO4S. The molecule has 1 saturated heterocycles. The zero-order valence-electron chi connectivity index (χ0n) is 18.6. The maximum atomic E-state index is 13.1. The number of rotatable bonds is 5. The highest BCUT2D eigenvalue weighted by Gasteiger charge is 2.35. The SMILES string of the molecule is O=C(Oc1ccc(Br)cc1/C=C1\SC(=O)N(Cc2ccccc2Cl)C1=O)c1cccc2ccccc12. The van der Waals surface area contributed by atoms with Gasteiger partial charge in [0.15, 0.2) is 0 Å². The van der Waals surface area contributed by atoms with E-state index in [9.17, 15) is 14.4 Å². The largest absolute Gasteiger partial charge is 0.422 e. The summed E-state index contributed by atoms with van der Waals surface area (Å²) in [6.07, 6.45) is 1.56. The van der Waals surface area contributed by atoms with Gasteiger partial charge in [-0.2, -0.15) is 0 Å². The minimum absolute atomic E-state index is 0.0725. The van der Waals surface area contributed by atoms with Gasteiger partial charge in [-0.15, -0.1) is 0 Å².